The zero-order chi connectivity index (χ0) is 11.4. The van der Waals surface area contributed by atoms with Gasteiger partial charge in [-0.3, -0.25) is 4.79 Å². The first-order valence-corrected chi connectivity index (χ1v) is 5.62. The summed E-state index contributed by atoms with van der Waals surface area (Å²) in [6.45, 7) is 4.25. The lowest BCUT2D eigenvalue weighted by Crippen LogP contribution is -2.28. The molecule has 15 heavy (non-hydrogen) atoms. The van der Waals surface area contributed by atoms with Crippen LogP contribution in [0.15, 0.2) is 16.7 Å². The van der Waals surface area contributed by atoms with E-state index in [2.05, 4.69) is 21.2 Å². The van der Waals surface area contributed by atoms with Gasteiger partial charge in [0.1, 0.15) is 5.69 Å². The van der Waals surface area contributed by atoms with Gasteiger partial charge in [-0.2, -0.15) is 0 Å². The van der Waals surface area contributed by atoms with Crippen molar-refractivity contribution in [3.8, 4) is 0 Å². The number of aliphatic hydroxyl groups is 1. The number of halogens is 1. The highest BCUT2D eigenvalue weighted by atomic mass is 79.9. The first-order valence-electron chi connectivity index (χ1n) is 4.82. The van der Waals surface area contributed by atoms with E-state index in [-0.39, 0.29) is 25.1 Å². The highest BCUT2D eigenvalue weighted by Crippen LogP contribution is 2.19. The molecule has 0 aliphatic rings. The number of nitrogens with one attached hydrogen (secondary N) is 1. The molecule has 0 saturated heterocycles. The molecule has 0 unspecified atom stereocenters. The smallest absolute Gasteiger partial charge is 0.268 e. The second kappa shape index (κ2) is 5.32. The van der Waals surface area contributed by atoms with E-state index in [0.717, 1.165) is 4.47 Å². The van der Waals surface area contributed by atoms with E-state index in [1.54, 1.807) is 6.07 Å². The average molecular weight is 275 g/mol. The van der Waals surface area contributed by atoms with Crippen LogP contribution in [0.4, 0.5) is 0 Å². The van der Waals surface area contributed by atoms with Crippen LogP contribution in [0.3, 0.4) is 0 Å². The Morgan fingerprint density at radius 2 is 2.33 bits per heavy atom. The number of aromatic nitrogens is 1. The molecule has 0 aliphatic heterocycles. The fourth-order valence-corrected chi connectivity index (χ4v) is 1.75. The van der Waals surface area contributed by atoms with E-state index in [1.165, 1.54) is 0 Å². The van der Waals surface area contributed by atoms with Crippen LogP contribution < -0.4 is 5.32 Å². The van der Waals surface area contributed by atoms with Gasteiger partial charge in [0.05, 0.1) is 6.61 Å². The lowest BCUT2D eigenvalue weighted by molar-refractivity contribution is 0.0934. The average Bonchev–Trinajstić information content (AvgIpc) is 2.57. The molecule has 1 aromatic heterocycles. The predicted molar refractivity (Wildman–Crippen MR) is 61.9 cm³/mol. The van der Waals surface area contributed by atoms with E-state index in [0.29, 0.717) is 5.69 Å². The number of hydrogen-bond donors (Lipinski definition) is 2. The maximum atomic E-state index is 11.7. The molecule has 2 N–H and O–H groups in total. The monoisotopic (exact) mass is 274 g/mol. The van der Waals surface area contributed by atoms with Crippen LogP contribution in [0.2, 0.25) is 0 Å². The molecule has 0 fully saturated rings. The second-order valence-electron chi connectivity index (χ2n) is 3.52. The Labute approximate surface area is 97.4 Å². The van der Waals surface area contributed by atoms with E-state index >= 15 is 0 Å². The van der Waals surface area contributed by atoms with Crippen molar-refractivity contribution in [2.24, 2.45) is 0 Å². The summed E-state index contributed by atoms with van der Waals surface area (Å²) in [5.74, 6) is -0.163. The van der Waals surface area contributed by atoms with Crippen molar-refractivity contribution >= 4 is 21.8 Å². The number of carbonyl (C=O) groups excluding carboxylic acids is 1. The van der Waals surface area contributed by atoms with Crippen molar-refractivity contribution in [1.82, 2.24) is 9.88 Å². The van der Waals surface area contributed by atoms with Crippen molar-refractivity contribution in [1.29, 1.82) is 0 Å². The van der Waals surface area contributed by atoms with E-state index in [9.17, 15) is 4.79 Å². The molecule has 1 heterocycles. The van der Waals surface area contributed by atoms with Crippen LogP contribution in [0.1, 0.15) is 30.4 Å². The lowest BCUT2D eigenvalue weighted by atomic mass is 10.3. The van der Waals surface area contributed by atoms with E-state index in [4.69, 9.17) is 5.11 Å². The summed E-state index contributed by atoms with van der Waals surface area (Å²) in [7, 11) is 0. The third-order valence-corrected chi connectivity index (χ3v) is 2.44. The fraction of sp³-hybridized carbons (Fsp3) is 0.500. The quantitative estimate of drug-likeness (QED) is 0.876. The van der Waals surface area contributed by atoms with Gasteiger partial charge in [-0.1, -0.05) is 0 Å². The Kier molecular flexibility index (Phi) is 4.35. The number of nitrogens with zero attached hydrogens (tertiary/aromatic N) is 1. The summed E-state index contributed by atoms with van der Waals surface area (Å²) >= 11 is 3.34. The molecule has 5 heteroatoms. The van der Waals surface area contributed by atoms with E-state index < -0.39 is 0 Å². The molecular formula is C10H15BrN2O2. The minimum absolute atomic E-state index is 0.0463. The maximum absolute atomic E-state index is 11.7. The Hall–Kier alpha value is -0.810. The molecule has 84 valence electrons. The molecule has 1 rings (SSSR count). The van der Waals surface area contributed by atoms with Gasteiger partial charge in [0.2, 0.25) is 0 Å². The van der Waals surface area contributed by atoms with Gasteiger partial charge in [-0.05, 0) is 35.8 Å². The van der Waals surface area contributed by atoms with Gasteiger partial charge < -0.3 is 15.0 Å². The highest BCUT2D eigenvalue weighted by Gasteiger charge is 2.13. The van der Waals surface area contributed by atoms with Gasteiger partial charge in [0, 0.05) is 23.3 Å². The molecular weight excluding hydrogens is 260 g/mol. The third kappa shape index (κ3) is 3.07. The Morgan fingerprint density at radius 1 is 1.67 bits per heavy atom. The van der Waals surface area contributed by atoms with Gasteiger partial charge in [-0.25, -0.2) is 0 Å². The fourth-order valence-electron chi connectivity index (χ4n) is 1.31. The lowest BCUT2D eigenvalue weighted by Gasteiger charge is -2.12. The van der Waals surface area contributed by atoms with Crippen LogP contribution in [0.25, 0.3) is 0 Å². The molecule has 0 aliphatic carbocycles. The largest absolute Gasteiger partial charge is 0.395 e. The number of amides is 1. The molecule has 0 bridgehead atoms. The van der Waals surface area contributed by atoms with Crippen LogP contribution in [-0.4, -0.2) is 28.7 Å². The Balaban J connectivity index is 2.87. The zero-order valence-corrected chi connectivity index (χ0v) is 10.4. The van der Waals surface area contributed by atoms with Crippen molar-refractivity contribution in [3.05, 3.63) is 22.4 Å². The summed E-state index contributed by atoms with van der Waals surface area (Å²) in [5.41, 5.74) is 0.602. The van der Waals surface area contributed by atoms with Crippen molar-refractivity contribution in [2.45, 2.75) is 19.9 Å². The van der Waals surface area contributed by atoms with Crippen molar-refractivity contribution in [2.75, 3.05) is 13.2 Å². The minimum atomic E-state index is -0.163. The third-order valence-electron chi connectivity index (χ3n) is 2.00. The molecule has 1 aromatic rings. The molecule has 1 amide bonds. The molecule has 0 saturated carbocycles. The van der Waals surface area contributed by atoms with Gasteiger partial charge in [-0.15, -0.1) is 0 Å². The maximum Gasteiger partial charge on any atom is 0.268 e. The Morgan fingerprint density at radius 3 is 2.87 bits per heavy atom. The van der Waals surface area contributed by atoms with Gasteiger partial charge in [0.15, 0.2) is 0 Å². The number of aliphatic hydroxyl groups excluding tert-OH is 1. The van der Waals surface area contributed by atoms with Gasteiger partial charge in [0.25, 0.3) is 5.91 Å². The SMILES string of the molecule is CC(C)n1cc(Br)cc1C(=O)NCCO. The topological polar surface area (TPSA) is 54.3 Å². The minimum Gasteiger partial charge on any atom is -0.395 e. The summed E-state index contributed by atoms with van der Waals surface area (Å²) in [5, 5.41) is 11.2. The summed E-state index contributed by atoms with van der Waals surface area (Å²) in [4.78, 5) is 11.7. The van der Waals surface area contributed by atoms with Crippen LogP contribution in [0, 0.1) is 0 Å². The summed E-state index contributed by atoms with van der Waals surface area (Å²) in [6.07, 6.45) is 1.87. The summed E-state index contributed by atoms with van der Waals surface area (Å²) < 4.78 is 2.77. The standard InChI is InChI=1S/C10H15BrN2O2/c1-7(2)13-6-8(11)5-9(13)10(15)12-3-4-14/h5-7,14H,3-4H2,1-2H3,(H,12,15). The van der Waals surface area contributed by atoms with Crippen molar-refractivity contribution in [3.63, 3.8) is 0 Å². The van der Waals surface area contributed by atoms with E-state index in [1.807, 2.05) is 24.6 Å². The zero-order valence-electron chi connectivity index (χ0n) is 8.83. The van der Waals surface area contributed by atoms with Crippen LogP contribution >= 0.6 is 15.9 Å². The van der Waals surface area contributed by atoms with Gasteiger partial charge >= 0.3 is 0 Å². The normalized spacial score (nSPS) is 10.7. The van der Waals surface area contributed by atoms with Crippen molar-refractivity contribution < 1.29 is 9.90 Å². The molecule has 0 radical (unpaired) electrons. The van der Waals surface area contributed by atoms with Crippen LogP contribution in [-0.2, 0) is 0 Å². The predicted octanol–water partition coefficient (Wildman–Crippen LogP) is 1.55. The Bertz CT molecular complexity index is 347. The summed E-state index contributed by atoms with van der Waals surface area (Å²) in [6, 6.07) is 2.00. The first-order chi connectivity index (χ1) is 7.06. The first kappa shape index (κ1) is 12.3. The van der Waals surface area contributed by atoms with Crippen LogP contribution in [0.5, 0.6) is 0 Å². The highest BCUT2D eigenvalue weighted by molar-refractivity contribution is 9.10. The molecule has 4 nitrogen and oxygen atoms in total. The molecule has 0 aromatic carbocycles. The molecule has 0 atom stereocenters. The molecule has 0 spiro atoms. The number of rotatable bonds is 4. The number of hydrogen-bond acceptors (Lipinski definition) is 2. The second-order valence-corrected chi connectivity index (χ2v) is 4.44. The number of carbonyl (C=O) groups is 1.